The molecule has 2 aliphatic carbocycles. The Hall–Kier alpha value is -2.76. The van der Waals surface area contributed by atoms with Crippen LogP contribution in [0.3, 0.4) is 0 Å². The van der Waals surface area contributed by atoms with E-state index in [0.29, 0.717) is 29.1 Å². The summed E-state index contributed by atoms with van der Waals surface area (Å²) in [5.41, 5.74) is 3.34. The van der Waals surface area contributed by atoms with Crippen molar-refractivity contribution >= 4 is 11.8 Å². The van der Waals surface area contributed by atoms with Crippen molar-refractivity contribution in [3.63, 3.8) is 0 Å². The minimum atomic E-state index is -0.564. The maximum absolute atomic E-state index is 13.6. The van der Waals surface area contributed by atoms with Crippen LogP contribution in [0.4, 0.5) is 0 Å². The molecule has 1 N–H and O–H groups in total. The molecule has 1 aromatic rings. The number of ketones is 1. The molecule has 0 aromatic heterocycles. The number of esters is 1. The second-order valence-corrected chi connectivity index (χ2v) is 10.2. The van der Waals surface area contributed by atoms with E-state index in [4.69, 9.17) is 14.2 Å². The highest BCUT2D eigenvalue weighted by Gasteiger charge is 2.44. The molecule has 33 heavy (non-hydrogen) atoms. The molecule has 0 radical (unpaired) electrons. The molecule has 6 heteroatoms. The van der Waals surface area contributed by atoms with Crippen molar-refractivity contribution in [3.8, 4) is 11.5 Å². The Morgan fingerprint density at radius 3 is 2.45 bits per heavy atom. The zero-order valence-corrected chi connectivity index (χ0v) is 20.4. The van der Waals surface area contributed by atoms with Gasteiger partial charge in [-0.15, -0.1) is 0 Å². The minimum Gasteiger partial charge on any atom is -0.493 e. The van der Waals surface area contributed by atoms with Crippen molar-refractivity contribution in [1.82, 2.24) is 5.32 Å². The van der Waals surface area contributed by atoms with E-state index in [2.05, 4.69) is 19.2 Å². The van der Waals surface area contributed by atoms with Crippen LogP contribution in [0, 0.1) is 5.41 Å². The number of nitrogens with one attached hydrogen (secondary N) is 1. The van der Waals surface area contributed by atoms with Gasteiger partial charge in [0.2, 0.25) is 0 Å². The number of allylic oxidation sites excluding steroid dienone is 3. The Labute approximate surface area is 196 Å². The van der Waals surface area contributed by atoms with Crippen LogP contribution in [0.5, 0.6) is 11.5 Å². The van der Waals surface area contributed by atoms with Crippen LogP contribution in [0.2, 0.25) is 0 Å². The predicted octanol–water partition coefficient (Wildman–Crippen LogP) is 5.18. The molecule has 178 valence electrons. The van der Waals surface area contributed by atoms with Gasteiger partial charge in [0, 0.05) is 29.0 Å². The Kier molecular flexibility index (Phi) is 6.55. The van der Waals surface area contributed by atoms with E-state index in [0.717, 1.165) is 49.1 Å². The number of carbonyl (C=O) groups excluding carboxylic acids is 2. The second kappa shape index (κ2) is 9.24. The number of hydrogen-bond acceptors (Lipinski definition) is 6. The van der Waals surface area contributed by atoms with Gasteiger partial charge in [0.05, 0.1) is 25.7 Å². The van der Waals surface area contributed by atoms with Crippen molar-refractivity contribution in [2.45, 2.75) is 77.7 Å². The van der Waals surface area contributed by atoms with E-state index in [-0.39, 0.29) is 23.3 Å². The van der Waals surface area contributed by atoms with Gasteiger partial charge in [-0.05, 0) is 50.5 Å². The van der Waals surface area contributed by atoms with Crippen LogP contribution >= 0.6 is 0 Å². The van der Waals surface area contributed by atoms with Crippen molar-refractivity contribution in [3.05, 3.63) is 46.3 Å². The summed E-state index contributed by atoms with van der Waals surface area (Å²) < 4.78 is 17.3. The predicted molar refractivity (Wildman–Crippen MR) is 126 cm³/mol. The molecular formula is C27H35NO5. The minimum absolute atomic E-state index is 0.0547. The van der Waals surface area contributed by atoms with E-state index < -0.39 is 5.92 Å². The SMILES string of the molecule is COc1cccc([C@H]2C(C(=O)OC3CCCCC3)=C(C)NC3=C2C(=O)CC(C)(C)C3)c1OC. The van der Waals surface area contributed by atoms with Gasteiger partial charge in [0.15, 0.2) is 17.3 Å². The number of rotatable bonds is 5. The highest BCUT2D eigenvalue weighted by atomic mass is 16.5. The van der Waals surface area contributed by atoms with Gasteiger partial charge in [-0.1, -0.05) is 32.4 Å². The van der Waals surface area contributed by atoms with Gasteiger partial charge < -0.3 is 19.5 Å². The topological polar surface area (TPSA) is 73.9 Å². The maximum Gasteiger partial charge on any atom is 0.337 e. The summed E-state index contributed by atoms with van der Waals surface area (Å²) in [4.78, 5) is 27.1. The molecule has 1 fully saturated rings. The fourth-order valence-electron chi connectivity index (χ4n) is 5.55. The fourth-order valence-corrected chi connectivity index (χ4v) is 5.55. The summed E-state index contributed by atoms with van der Waals surface area (Å²) in [5, 5.41) is 3.40. The number of benzene rings is 1. The summed E-state index contributed by atoms with van der Waals surface area (Å²) in [6.45, 7) is 6.10. The van der Waals surface area contributed by atoms with Gasteiger partial charge in [-0.2, -0.15) is 0 Å². The molecule has 0 spiro atoms. The third-order valence-corrected chi connectivity index (χ3v) is 7.03. The van der Waals surface area contributed by atoms with Crippen LogP contribution < -0.4 is 14.8 Å². The van der Waals surface area contributed by atoms with Crippen LogP contribution in [0.25, 0.3) is 0 Å². The van der Waals surface area contributed by atoms with Gasteiger partial charge in [0.1, 0.15) is 6.10 Å². The standard InChI is InChI=1S/C27H35NO5/c1-16-22(26(30)33-17-10-7-6-8-11-17)23(18-12-9-13-21(31-4)25(18)32-5)24-19(28-16)14-27(2,3)15-20(24)29/h9,12-13,17,23,28H,6-8,10-11,14-15H2,1-5H3/t23-/m0/s1. The molecule has 0 bridgehead atoms. The van der Waals surface area contributed by atoms with E-state index >= 15 is 0 Å². The highest BCUT2D eigenvalue weighted by molar-refractivity contribution is 6.04. The molecule has 1 saturated carbocycles. The molecule has 0 unspecified atom stereocenters. The van der Waals surface area contributed by atoms with Crippen LogP contribution in [-0.2, 0) is 14.3 Å². The molecule has 1 heterocycles. The monoisotopic (exact) mass is 453 g/mol. The molecule has 1 aliphatic heterocycles. The number of Topliss-reactive ketones (excluding diaryl/α,β-unsaturated/α-hetero) is 1. The van der Waals surface area contributed by atoms with Crippen LogP contribution in [-0.4, -0.2) is 32.1 Å². The molecule has 0 amide bonds. The quantitative estimate of drug-likeness (QED) is 0.619. The first-order valence-corrected chi connectivity index (χ1v) is 11.9. The lowest BCUT2D eigenvalue weighted by Gasteiger charge is -2.40. The number of hydrogen-bond donors (Lipinski definition) is 1. The third kappa shape index (κ3) is 4.53. The van der Waals surface area contributed by atoms with Crippen molar-refractivity contribution in [1.29, 1.82) is 0 Å². The normalized spacial score (nSPS) is 23.1. The molecule has 6 nitrogen and oxygen atoms in total. The maximum atomic E-state index is 13.6. The largest absolute Gasteiger partial charge is 0.493 e. The Morgan fingerprint density at radius 2 is 1.79 bits per heavy atom. The molecule has 0 saturated heterocycles. The van der Waals surface area contributed by atoms with Gasteiger partial charge >= 0.3 is 5.97 Å². The summed E-state index contributed by atoms with van der Waals surface area (Å²) in [6.07, 6.45) is 6.20. The van der Waals surface area contributed by atoms with E-state index in [9.17, 15) is 9.59 Å². The average molecular weight is 454 g/mol. The number of methoxy groups -OCH3 is 2. The first-order chi connectivity index (χ1) is 15.8. The number of para-hydroxylation sites is 1. The van der Waals surface area contributed by atoms with Crippen molar-refractivity contribution < 1.29 is 23.8 Å². The zero-order chi connectivity index (χ0) is 23.8. The molecule has 3 aliphatic rings. The van der Waals surface area contributed by atoms with Gasteiger partial charge in [-0.3, -0.25) is 4.79 Å². The van der Waals surface area contributed by atoms with E-state index in [1.54, 1.807) is 14.2 Å². The van der Waals surface area contributed by atoms with Gasteiger partial charge in [-0.25, -0.2) is 4.79 Å². The summed E-state index contributed by atoms with van der Waals surface area (Å²) >= 11 is 0. The lowest BCUT2D eigenvalue weighted by Crippen LogP contribution is -2.39. The van der Waals surface area contributed by atoms with Gasteiger partial charge in [0.25, 0.3) is 0 Å². The molecule has 4 rings (SSSR count). The molecule has 1 atom stereocenters. The summed E-state index contributed by atoms with van der Waals surface area (Å²) in [6, 6.07) is 5.60. The lowest BCUT2D eigenvalue weighted by atomic mass is 9.68. The Balaban J connectivity index is 1.84. The lowest BCUT2D eigenvalue weighted by molar-refractivity contribution is -0.146. The van der Waals surface area contributed by atoms with Crippen molar-refractivity contribution in [2.75, 3.05) is 14.2 Å². The fraction of sp³-hybridized carbons (Fsp3) is 0.556. The average Bonchev–Trinajstić information content (AvgIpc) is 2.77. The van der Waals surface area contributed by atoms with Crippen LogP contribution in [0.15, 0.2) is 40.7 Å². The first-order valence-electron chi connectivity index (χ1n) is 11.9. The van der Waals surface area contributed by atoms with E-state index in [1.165, 1.54) is 6.42 Å². The molecule has 1 aromatic carbocycles. The molecular weight excluding hydrogens is 418 g/mol. The summed E-state index contributed by atoms with van der Waals surface area (Å²) in [7, 11) is 3.17. The number of dihydropyridines is 1. The number of ether oxygens (including phenoxy) is 3. The number of carbonyl (C=O) groups is 2. The highest BCUT2D eigenvalue weighted by Crippen LogP contribution is 2.50. The van der Waals surface area contributed by atoms with E-state index in [1.807, 2.05) is 25.1 Å². The summed E-state index contributed by atoms with van der Waals surface area (Å²) in [5.74, 6) is 0.236. The first kappa shape index (κ1) is 23.4. The van der Waals surface area contributed by atoms with Crippen molar-refractivity contribution in [2.24, 2.45) is 5.41 Å². The Bertz CT molecular complexity index is 1010. The zero-order valence-electron chi connectivity index (χ0n) is 20.4. The Morgan fingerprint density at radius 1 is 1.06 bits per heavy atom. The van der Waals surface area contributed by atoms with Crippen LogP contribution in [0.1, 0.15) is 77.2 Å². The smallest absolute Gasteiger partial charge is 0.337 e. The third-order valence-electron chi connectivity index (χ3n) is 7.03. The second-order valence-electron chi connectivity index (χ2n) is 10.2.